The normalized spacial score (nSPS) is 27.5. The fourth-order valence-electron chi connectivity index (χ4n) is 2.93. The van der Waals surface area contributed by atoms with Crippen LogP contribution < -0.4 is 5.32 Å². The van der Waals surface area contributed by atoms with Crippen molar-refractivity contribution >= 4 is 9.84 Å². The van der Waals surface area contributed by atoms with Gasteiger partial charge in [0.05, 0.1) is 11.4 Å². The van der Waals surface area contributed by atoms with Crippen LogP contribution in [0.2, 0.25) is 0 Å². The topological polar surface area (TPSA) is 64.6 Å². The molecule has 0 aromatic rings. The average Bonchev–Trinajstić information content (AvgIpc) is 2.35. The SMILES string of the molecule is CS(=O)(=O)CCCNC1CCOC2(CCOCC2)C1. The summed E-state index contributed by atoms with van der Waals surface area (Å²) in [4.78, 5) is 0. The van der Waals surface area contributed by atoms with Crippen molar-refractivity contribution in [3.8, 4) is 0 Å². The molecule has 19 heavy (non-hydrogen) atoms. The van der Waals surface area contributed by atoms with E-state index in [1.165, 1.54) is 6.26 Å². The first-order valence-electron chi connectivity index (χ1n) is 7.12. The number of hydrogen-bond acceptors (Lipinski definition) is 5. The molecule has 0 bridgehead atoms. The minimum Gasteiger partial charge on any atom is -0.381 e. The predicted molar refractivity (Wildman–Crippen MR) is 74.1 cm³/mol. The maximum atomic E-state index is 11.1. The molecule has 0 aromatic carbocycles. The summed E-state index contributed by atoms with van der Waals surface area (Å²) in [7, 11) is -2.84. The first-order valence-corrected chi connectivity index (χ1v) is 9.18. The van der Waals surface area contributed by atoms with E-state index < -0.39 is 9.84 Å². The lowest BCUT2D eigenvalue weighted by molar-refractivity contribution is -0.140. The van der Waals surface area contributed by atoms with Gasteiger partial charge in [0.2, 0.25) is 0 Å². The van der Waals surface area contributed by atoms with Gasteiger partial charge in [0.1, 0.15) is 9.84 Å². The fraction of sp³-hybridized carbons (Fsp3) is 1.00. The second-order valence-corrected chi connectivity index (χ2v) is 8.03. The van der Waals surface area contributed by atoms with Crippen LogP contribution in [0.4, 0.5) is 0 Å². The van der Waals surface area contributed by atoms with E-state index in [1.807, 2.05) is 0 Å². The Labute approximate surface area is 116 Å². The summed E-state index contributed by atoms with van der Waals surface area (Å²) in [6, 6.07) is 0.450. The van der Waals surface area contributed by atoms with Crippen molar-refractivity contribution in [1.82, 2.24) is 5.32 Å². The molecule has 0 saturated carbocycles. The first kappa shape index (κ1) is 15.2. The van der Waals surface area contributed by atoms with Crippen molar-refractivity contribution in [2.45, 2.75) is 43.7 Å². The molecule has 2 rings (SSSR count). The van der Waals surface area contributed by atoms with E-state index in [1.54, 1.807) is 0 Å². The Balaban J connectivity index is 1.72. The highest BCUT2D eigenvalue weighted by atomic mass is 32.2. The molecular formula is C13H25NO4S. The Morgan fingerprint density at radius 2 is 2.00 bits per heavy atom. The number of nitrogens with one attached hydrogen (secondary N) is 1. The highest BCUT2D eigenvalue weighted by Crippen LogP contribution is 2.34. The van der Waals surface area contributed by atoms with Crippen LogP contribution in [0.5, 0.6) is 0 Å². The lowest BCUT2D eigenvalue weighted by Gasteiger charge is -2.43. The third-order valence-electron chi connectivity index (χ3n) is 4.02. The molecule has 0 aromatic heterocycles. The van der Waals surface area contributed by atoms with Crippen LogP contribution in [0.3, 0.4) is 0 Å². The zero-order valence-corrected chi connectivity index (χ0v) is 12.5. The molecule has 2 fully saturated rings. The molecular weight excluding hydrogens is 266 g/mol. The van der Waals surface area contributed by atoms with Crippen LogP contribution in [0.25, 0.3) is 0 Å². The second kappa shape index (κ2) is 6.52. The summed E-state index contributed by atoms with van der Waals surface area (Å²) in [5, 5.41) is 3.48. The van der Waals surface area contributed by atoms with Gasteiger partial charge in [-0.3, -0.25) is 0 Å². The lowest BCUT2D eigenvalue weighted by atomic mass is 9.84. The molecule has 0 aliphatic carbocycles. The van der Waals surface area contributed by atoms with E-state index in [2.05, 4.69) is 5.32 Å². The molecule has 1 spiro atoms. The van der Waals surface area contributed by atoms with E-state index >= 15 is 0 Å². The van der Waals surface area contributed by atoms with Crippen molar-refractivity contribution in [2.75, 3.05) is 38.4 Å². The highest BCUT2D eigenvalue weighted by molar-refractivity contribution is 7.90. The smallest absolute Gasteiger partial charge is 0.147 e. The Morgan fingerprint density at radius 1 is 1.26 bits per heavy atom. The van der Waals surface area contributed by atoms with Crippen LogP contribution in [0.1, 0.15) is 32.1 Å². The summed E-state index contributed by atoms with van der Waals surface area (Å²) < 4.78 is 33.5. The Morgan fingerprint density at radius 3 is 2.68 bits per heavy atom. The standard InChI is InChI=1S/C13H25NO4S/c1-19(15,16)10-2-6-14-12-3-7-18-13(11-12)4-8-17-9-5-13/h12,14H,2-11H2,1H3. The van der Waals surface area contributed by atoms with Gasteiger partial charge in [0.25, 0.3) is 0 Å². The molecule has 0 radical (unpaired) electrons. The number of hydrogen-bond donors (Lipinski definition) is 1. The summed E-state index contributed by atoms with van der Waals surface area (Å²) in [6.45, 7) is 3.15. The summed E-state index contributed by atoms with van der Waals surface area (Å²) in [6.07, 6.45) is 5.98. The van der Waals surface area contributed by atoms with Gasteiger partial charge in [-0.25, -0.2) is 8.42 Å². The van der Waals surface area contributed by atoms with Gasteiger partial charge < -0.3 is 14.8 Å². The molecule has 1 unspecified atom stereocenters. The van der Waals surface area contributed by atoms with E-state index in [-0.39, 0.29) is 11.4 Å². The van der Waals surface area contributed by atoms with Gasteiger partial charge in [0.15, 0.2) is 0 Å². The van der Waals surface area contributed by atoms with Crippen LogP contribution in [0, 0.1) is 0 Å². The van der Waals surface area contributed by atoms with Crippen molar-refractivity contribution in [3.63, 3.8) is 0 Å². The third-order valence-corrected chi connectivity index (χ3v) is 5.05. The molecule has 112 valence electrons. The third kappa shape index (κ3) is 5.02. The molecule has 5 nitrogen and oxygen atoms in total. The molecule has 6 heteroatoms. The average molecular weight is 291 g/mol. The summed E-state index contributed by atoms with van der Waals surface area (Å²) in [5.74, 6) is 0.266. The van der Waals surface area contributed by atoms with Gasteiger partial charge in [-0.2, -0.15) is 0 Å². The van der Waals surface area contributed by atoms with Gasteiger partial charge in [-0.15, -0.1) is 0 Å². The zero-order chi connectivity index (χ0) is 13.8. The van der Waals surface area contributed by atoms with Gasteiger partial charge in [-0.1, -0.05) is 0 Å². The summed E-state index contributed by atoms with van der Waals surface area (Å²) in [5.41, 5.74) is 0.00496. The Hall–Kier alpha value is -0.170. The fourth-order valence-corrected chi connectivity index (χ4v) is 3.60. The lowest BCUT2D eigenvalue weighted by Crippen LogP contribution is -2.50. The number of rotatable bonds is 5. The Kier molecular flexibility index (Phi) is 5.22. The molecule has 1 atom stereocenters. The van der Waals surface area contributed by atoms with E-state index in [0.717, 1.165) is 52.0 Å². The van der Waals surface area contributed by atoms with E-state index in [9.17, 15) is 8.42 Å². The first-order chi connectivity index (χ1) is 8.99. The number of sulfone groups is 1. The van der Waals surface area contributed by atoms with Crippen LogP contribution in [-0.4, -0.2) is 58.4 Å². The second-order valence-electron chi connectivity index (χ2n) is 5.77. The maximum Gasteiger partial charge on any atom is 0.147 e. The van der Waals surface area contributed by atoms with E-state index in [0.29, 0.717) is 12.5 Å². The van der Waals surface area contributed by atoms with Gasteiger partial charge >= 0.3 is 0 Å². The quantitative estimate of drug-likeness (QED) is 0.757. The van der Waals surface area contributed by atoms with Crippen LogP contribution in [-0.2, 0) is 19.3 Å². The highest BCUT2D eigenvalue weighted by Gasteiger charge is 2.38. The Bertz CT molecular complexity index is 371. The van der Waals surface area contributed by atoms with Crippen LogP contribution in [0.15, 0.2) is 0 Å². The molecule has 2 aliphatic heterocycles. The molecule has 2 heterocycles. The van der Waals surface area contributed by atoms with Crippen LogP contribution >= 0.6 is 0 Å². The zero-order valence-electron chi connectivity index (χ0n) is 11.7. The molecule has 2 aliphatic rings. The largest absolute Gasteiger partial charge is 0.381 e. The van der Waals surface area contributed by atoms with Crippen molar-refractivity contribution in [2.24, 2.45) is 0 Å². The minimum absolute atomic E-state index is 0.00496. The molecule has 1 N–H and O–H groups in total. The van der Waals surface area contributed by atoms with Gasteiger partial charge in [0, 0.05) is 32.1 Å². The number of ether oxygens (including phenoxy) is 2. The van der Waals surface area contributed by atoms with Crippen molar-refractivity contribution in [3.05, 3.63) is 0 Å². The minimum atomic E-state index is -2.84. The molecule has 0 amide bonds. The van der Waals surface area contributed by atoms with E-state index in [4.69, 9.17) is 9.47 Å². The van der Waals surface area contributed by atoms with Crippen molar-refractivity contribution in [1.29, 1.82) is 0 Å². The van der Waals surface area contributed by atoms with Crippen molar-refractivity contribution < 1.29 is 17.9 Å². The van der Waals surface area contributed by atoms with Gasteiger partial charge in [-0.05, 0) is 38.6 Å². The summed E-state index contributed by atoms with van der Waals surface area (Å²) >= 11 is 0. The maximum absolute atomic E-state index is 11.1. The monoisotopic (exact) mass is 291 g/mol. The predicted octanol–water partition coefficient (Wildman–Crippen LogP) is 0.739. The molecule has 2 saturated heterocycles.